The summed E-state index contributed by atoms with van der Waals surface area (Å²) in [7, 11) is 0. The van der Waals surface area contributed by atoms with Crippen LogP contribution in [0.1, 0.15) is 12.5 Å². The Morgan fingerprint density at radius 2 is 1.95 bits per heavy atom. The van der Waals surface area contributed by atoms with Crippen molar-refractivity contribution in [2.24, 2.45) is 11.8 Å². The molecule has 0 saturated carbocycles. The number of hydrogen-bond donors (Lipinski definition) is 1. The molecule has 1 N–H and O–H groups in total. The Balaban J connectivity index is 1.71. The van der Waals surface area contributed by atoms with Crippen LogP contribution in [0.3, 0.4) is 0 Å². The van der Waals surface area contributed by atoms with E-state index < -0.39 is 36.0 Å². The fraction of sp³-hybridized carbons (Fsp3) is 0.375. The quantitative estimate of drug-likeness (QED) is 0.675. The van der Waals surface area contributed by atoms with Gasteiger partial charge in [-0.3, -0.25) is 9.59 Å². The van der Waals surface area contributed by atoms with Gasteiger partial charge in [-0.25, -0.2) is 0 Å². The molecule has 2 bridgehead atoms. The molecule has 2 aliphatic rings. The molecule has 5 nitrogen and oxygen atoms in total. The van der Waals surface area contributed by atoms with E-state index in [9.17, 15) is 14.7 Å². The standard InChI is InChI=1S/C16H16O5/c1-9-7-11-12(13(15(17)18)14(9)21-11)16(19)20-8-10-5-3-2-4-6-10/h2-7,11-14H,8H2,1H3,(H,17,18). The van der Waals surface area contributed by atoms with Gasteiger partial charge < -0.3 is 14.6 Å². The second-order valence-corrected chi connectivity index (χ2v) is 5.42. The Kier molecular flexibility index (Phi) is 3.51. The van der Waals surface area contributed by atoms with Crippen LogP contribution in [0.2, 0.25) is 0 Å². The minimum absolute atomic E-state index is 0.141. The zero-order valence-electron chi connectivity index (χ0n) is 11.6. The third kappa shape index (κ3) is 2.45. The lowest BCUT2D eigenvalue weighted by atomic mass is 9.80. The predicted molar refractivity (Wildman–Crippen MR) is 73.3 cm³/mol. The highest BCUT2D eigenvalue weighted by atomic mass is 16.5. The van der Waals surface area contributed by atoms with Crippen molar-refractivity contribution in [2.75, 3.05) is 0 Å². The zero-order valence-corrected chi connectivity index (χ0v) is 11.6. The van der Waals surface area contributed by atoms with E-state index in [-0.39, 0.29) is 6.61 Å². The highest BCUT2D eigenvalue weighted by Gasteiger charge is 2.55. The van der Waals surface area contributed by atoms with E-state index in [4.69, 9.17) is 9.47 Å². The van der Waals surface area contributed by atoms with Gasteiger partial charge in [0.2, 0.25) is 0 Å². The zero-order chi connectivity index (χ0) is 15.0. The molecule has 0 radical (unpaired) electrons. The van der Waals surface area contributed by atoms with Gasteiger partial charge in [0.15, 0.2) is 0 Å². The summed E-state index contributed by atoms with van der Waals surface area (Å²) in [6, 6.07) is 9.29. The minimum Gasteiger partial charge on any atom is -0.481 e. The molecule has 1 fully saturated rings. The molecule has 0 amide bonds. The van der Waals surface area contributed by atoms with Gasteiger partial charge in [0.1, 0.15) is 18.4 Å². The number of benzene rings is 1. The molecule has 2 heterocycles. The van der Waals surface area contributed by atoms with Crippen LogP contribution >= 0.6 is 0 Å². The van der Waals surface area contributed by atoms with Gasteiger partial charge in [0.05, 0.1) is 12.2 Å². The maximum absolute atomic E-state index is 12.2. The maximum Gasteiger partial charge on any atom is 0.313 e. The maximum atomic E-state index is 12.2. The lowest BCUT2D eigenvalue weighted by Gasteiger charge is -2.22. The van der Waals surface area contributed by atoms with Crippen LogP contribution in [0.25, 0.3) is 0 Å². The summed E-state index contributed by atoms with van der Waals surface area (Å²) in [6.07, 6.45) is 0.819. The van der Waals surface area contributed by atoms with E-state index in [1.54, 1.807) is 0 Å². The summed E-state index contributed by atoms with van der Waals surface area (Å²) in [6.45, 7) is 1.97. The van der Waals surface area contributed by atoms with Crippen molar-refractivity contribution < 1.29 is 24.2 Å². The van der Waals surface area contributed by atoms with Gasteiger partial charge in [-0.2, -0.15) is 0 Å². The van der Waals surface area contributed by atoms with Crippen LogP contribution < -0.4 is 0 Å². The van der Waals surface area contributed by atoms with Gasteiger partial charge in [-0.15, -0.1) is 0 Å². The number of carbonyl (C=O) groups excluding carboxylic acids is 1. The van der Waals surface area contributed by atoms with Crippen molar-refractivity contribution in [2.45, 2.75) is 25.7 Å². The molecule has 3 rings (SSSR count). The fourth-order valence-corrected chi connectivity index (χ4v) is 3.01. The topological polar surface area (TPSA) is 72.8 Å². The van der Waals surface area contributed by atoms with Gasteiger partial charge in [-0.05, 0) is 18.1 Å². The van der Waals surface area contributed by atoms with Crippen molar-refractivity contribution in [3.63, 3.8) is 0 Å². The molecule has 0 aromatic heterocycles. The number of esters is 1. The molecule has 21 heavy (non-hydrogen) atoms. The second-order valence-electron chi connectivity index (χ2n) is 5.42. The van der Waals surface area contributed by atoms with Gasteiger partial charge >= 0.3 is 11.9 Å². The van der Waals surface area contributed by atoms with Crippen LogP contribution in [-0.2, 0) is 25.7 Å². The molecule has 1 aromatic carbocycles. The summed E-state index contributed by atoms with van der Waals surface area (Å²) in [5, 5.41) is 9.34. The first kappa shape index (κ1) is 13.8. The van der Waals surface area contributed by atoms with E-state index in [2.05, 4.69) is 0 Å². The Morgan fingerprint density at radius 1 is 1.24 bits per heavy atom. The van der Waals surface area contributed by atoms with Crippen molar-refractivity contribution in [3.8, 4) is 0 Å². The Labute approximate surface area is 122 Å². The lowest BCUT2D eigenvalue weighted by Crippen LogP contribution is -2.38. The average Bonchev–Trinajstić information content (AvgIpc) is 3.02. The summed E-state index contributed by atoms with van der Waals surface area (Å²) in [5.74, 6) is -3.15. The van der Waals surface area contributed by atoms with Crippen molar-refractivity contribution in [1.82, 2.24) is 0 Å². The van der Waals surface area contributed by atoms with Crippen LogP contribution in [0, 0.1) is 11.8 Å². The van der Waals surface area contributed by atoms with Crippen molar-refractivity contribution in [1.29, 1.82) is 0 Å². The van der Waals surface area contributed by atoms with Gasteiger partial charge in [0, 0.05) is 0 Å². The third-order valence-corrected chi connectivity index (χ3v) is 4.03. The van der Waals surface area contributed by atoms with Gasteiger partial charge in [-0.1, -0.05) is 36.4 Å². The first-order valence-corrected chi connectivity index (χ1v) is 6.85. The lowest BCUT2D eigenvalue weighted by molar-refractivity contribution is -0.157. The third-order valence-electron chi connectivity index (χ3n) is 4.03. The number of carboxylic acids is 1. The molecule has 5 heteroatoms. The molecule has 1 saturated heterocycles. The highest BCUT2D eigenvalue weighted by molar-refractivity contribution is 5.84. The first-order chi connectivity index (χ1) is 10.1. The number of carbonyl (C=O) groups is 2. The number of ether oxygens (including phenoxy) is 2. The predicted octanol–water partition coefficient (Wildman–Crippen LogP) is 1.77. The van der Waals surface area contributed by atoms with E-state index in [0.29, 0.717) is 0 Å². The summed E-state index contributed by atoms with van der Waals surface area (Å²) in [4.78, 5) is 23.6. The smallest absolute Gasteiger partial charge is 0.313 e. The Bertz CT molecular complexity index is 592. The highest BCUT2D eigenvalue weighted by Crippen LogP contribution is 2.43. The normalized spacial score (nSPS) is 30.0. The molecular formula is C16H16O5. The van der Waals surface area contributed by atoms with E-state index >= 15 is 0 Å². The first-order valence-electron chi connectivity index (χ1n) is 6.85. The van der Waals surface area contributed by atoms with Crippen molar-refractivity contribution >= 4 is 11.9 Å². The number of fused-ring (bicyclic) bond motifs is 2. The summed E-state index contributed by atoms with van der Waals surface area (Å²) < 4.78 is 10.8. The van der Waals surface area contributed by atoms with Crippen LogP contribution in [0.15, 0.2) is 42.0 Å². The van der Waals surface area contributed by atoms with Gasteiger partial charge in [0.25, 0.3) is 0 Å². The fourth-order valence-electron chi connectivity index (χ4n) is 3.01. The molecule has 4 unspecified atom stereocenters. The number of aliphatic carboxylic acids is 1. The van der Waals surface area contributed by atoms with Crippen LogP contribution in [0.4, 0.5) is 0 Å². The SMILES string of the molecule is CC1=CC2OC1C(C(=O)O)C2C(=O)OCc1ccccc1. The van der Waals surface area contributed by atoms with E-state index in [1.807, 2.05) is 43.3 Å². The minimum atomic E-state index is -1.02. The molecular weight excluding hydrogens is 272 g/mol. The summed E-state index contributed by atoms with van der Waals surface area (Å²) in [5.41, 5.74) is 1.74. The molecule has 1 aromatic rings. The Hall–Kier alpha value is -2.14. The molecule has 110 valence electrons. The molecule has 0 spiro atoms. The number of hydrogen-bond acceptors (Lipinski definition) is 4. The monoisotopic (exact) mass is 288 g/mol. The molecule has 2 aliphatic heterocycles. The van der Waals surface area contributed by atoms with Crippen molar-refractivity contribution in [3.05, 3.63) is 47.5 Å². The Morgan fingerprint density at radius 3 is 2.62 bits per heavy atom. The average molecular weight is 288 g/mol. The van der Waals surface area contributed by atoms with E-state index in [1.165, 1.54) is 0 Å². The van der Waals surface area contributed by atoms with Crippen LogP contribution in [0.5, 0.6) is 0 Å². The number of carboxylic acid groups (broad SMARTS) is 1. The largest absolute Gasteiger partial charge is 0.481 e. The second kappa shape index (κ2) is 5.33. The number of rotatable bonds is 4. The molecule has 0 aliphatic carbocycles. The summed E-state index contributed by atoms with van der Waals surface area (Å²) >= 11 is 0. The molecule has 4 atom stereocenters. The van der Waals surface area contributed by atoms with Crippen LogP contribution in [-0.4, -0.2) is 29.3 Å². The van der Waals surface area contributed by atoms with E-state index in [0.717, 1.165) is 11.1 Å².